The Morgan fingerprint density at radius 2 is 1.09 bits per heavy atom. The first-order valence-electron chi connectivity index (χ1n) is 7.55. The van der Waals surface area contributed by atoms with E-state index in [4.69, 9.17) is 9.47 Å². The van der Waals surface area contributed by atoms with Gasteiger partial charge in [0.05, 0.1) is 0 Å². The molecule has 0 N–H and O–H groups in total. The SMILES string of the molecule is C[C@@H](OC(=O)CC(=O)O[C@H](C)c1ccccc1)c1ccccc1. The number of ether oxygens (including phenoxy) is 2. The molecule has 0 heterocycles. The smallest absolute Gasteiger partial charge is 0.317 e. The van der Waals surface area contributed by atoms with Crippen molar-refractivity contribution in [3.8, 4) is 0 Å². The van der Waals surface area contributed by atoms with E-state index in [1.165, 1.54) is 0 Å². The number of rotatable bonds is 6. The van der Waals surface area contributed by atoms with Crippen LogP contribution in [0.2, 0.25) is 0 Å². The number of carbonyl (C=O) groups is 2. The molecule has 2 rings (SSSR count). The fraction of sp³-hybridized carbons (Fsp3) is 0.263. The van der Waals surface area contributed by atoms with E-state index in [2.05, 4.69) is 0 Å². The van der Waals surface area contributed by atoms with E-state index in [0.717, 1.165) is 11.1 Å². The standard InChI is InChI=1S/C19H20O4/c1-14(16-9-5-3-6-10-16)22-18(20)13-19(21)23-15(2)17-11-7-4-8-12-17/h3-12,14-15H,13H2,1-2H3/t14-,15-/m1/s1. The van der Waals surface area contributed by atoms with Crippen LogP contribution in [0.4, 0.5) is 0 Å². The number of benzene rings is 2. The van der Waals surface area contributed by atoms with Crippen molar-refractivity contribution in [1.29, 1.82) is 0 Å². The van der Waals surface area contributed by atoms with Crippen LogP contribution in [0, 0.1) is 0 Å². The quantitative estimate of drug-likeness (QED) is 0.598. The van der Waals surface area contributed by atoms with Crippen LogP contribution in [0.1, 0.15) is 43.6 Å². The van der Waals surface area contributed by atoms with Crippen LogP contribution in [-0.2, 0) is 19.1 Å². The van der Waals surface area contributed by atoms with Crippen LogP contribution in [0.3, 0.4) is 0 Å². The Balaban J connectivity index is 1.82. The lowest BCUT2D eigenvalue weighted by Crippen LogP contribution is -2.17. The van der Waals surface area contributed by atoms with E-state index in [0.29, 0.717) is 0 Å². The zero-order valence-electron chi connectivity index (χ0n) is 13.3. The Hall–Kier alpha value is -2.62. The molecule has 2 aromatic carbocycles. The van der Waals surface area contributed by atoms with Crippen molar-refractivity contribution in [2.24, 2.45) is 0 Å². The second-order valence-electron chi connectivity index (χ2n) is 5.26. The topological polar surface area (TPSA) is 52.6 Å². The summed E-state index contributed by atoms with van der Waals surface area (Å²) >= 11 is 0. The summed E-state index contributed by atoms with van der Waals surface area (Å²) in [6, 6.07) is 18.7. The van der Waals surface area contributed by atoms with Gasteiger partial charge in [-0.15, -0.1) is 0 Å². The molecule has 4 heteroatoms. The average molecular weight is 312 g/mol. The summed E-state index contributed by atoms with van der Waals surface area (Å²) in [5, 5.41) is 0. The Morgan fingerprint density at radius 1 is 0.739 bits per heavy atom. The molecule has 0 aromatic heterocycles. The molecule has 120 valence electrons. The van der Waals surface area contributed by atoms with E-state index in [1.807, 2.05) is 60.7 Å². The molecule has 4 nitrogen and oxygen atoms in total. The first-order chi connectivity index (χ1) is 11.1. The van der Waals surface area contributed by atoms with E-state index >= 15 is 0 Å². The maximum atomic E-state index is 11.8. The zero-order valence-corrected chi connectivity index (χ0v) is 13.3. The summed E-state index contributed by atoms with van der Waals surface area (Å²) in [5.41, 5.74) is 1.76. The first-order valence-corrected chi connectivity index (χ1v) is 7.55. The molecular formula is C19H20O4. The molecule has 0 aliphatic rings. The summed E-state index contributed by atoms with van der Waals surface area (Å²) in [5.74, 6) is -1.18. The lowest BCUT2D eigenvalue weighted by atomic mass is 10.1. The van der Waals surface area contributed by atoms with Gasteiger partial charge in [0, 0.05) is 0 Å². The molecule has 2 atom stereocenters. The Labute approximate surface area is 136 Å². The predicted octanol–water partition coefficient (Wildman–Crippen LogP) is 3.99. The van der Waals surface area contributed by atoms with Gasteiger partial charge in [-0.3, -0.25) is 9.59 Å². The summed E-state index contributed by atoms with van der Waals surface area (Å²) in [6.07, 6.45) is -1.19. The maximum Gasteiger partial charge on any atom is 0.317 e. The molecule has 0 saturated heterocycles. The minimum Gasteiger partial charge on any atom is -0.457 e. The highest BCUT2D eigenvalue weighted by molar-refractivity contribution is 5.91. The van der Waals surface area contributed by atoms with E-state index in [-0.39, 0.29) is 0 Å². The van der Waals surface area contributed by atoms with Crippen LogP contribution in [0.15, 0.2) is 60.7 Å². The normalized spacial score (nSPS) is 13.0. The molecule has 0 aliphatic carbocycles. The van der Waals surface area contributed by atoms with Gasteiger partial charge in [-0.1, -0.05) is 60.7 Å². The van der Waals surface area contributed by atoms with Gasteiger partial charge in [-0.2, -0.15) is 0 Å². The molecule has 0 unspecified atom stereocenters. The third-order valence-electron chi connectivity index (χ3n) is 3.44. The first kappa shape index (κ1) is 16.7. The highest BCUT2D eigenvalue weighted by Gasteiger charge is 2.18. The van der Waals surface area contributed by atoms with E-state index in [1.54, 1.807) is 13.8 Å². The predicted molar refractivity (Wildman–Crippen MR) is 86.5 cm³/mol. The molecule has 0 fully saturated rings. The summed E-state index contributed by atoms with van der Waals surface area (Å²) in [4.78, 5) is 23.7. The summed E-state index contributed by atoms with van der Waals surface area (Å²) < 4.78 is 10.5. The van der Waals surface area contributed by atoms with Crippen LogP contribution in [0.25, 0.3) is 0 Å². The highest BCUT2D eigenvalue weighted by atomic mass is 16.6. The van der Waals surface area contributed by atoms with Crippen molar-refractivity contribution in [1.82, 2.24) is 0 Å². The average Bonchev–Trinajstić information content (AvgIpc) is 2.56. The van der Waals surface area contributed by atoms with Crippen molar-refractivity contribution < 1.29 is 19.1 Å². The fourth-order valence-electron chi connectivity index (χ4n) is 2.18. The van der Waals surface area contributed by atoms with Crippen LogP contribution in [0.5, 0.6) is 0 Å². The molecule has 0 spiro atoms. The minimum absolute atomic E-state index is 0.394. The highest BCUT2D eigenvalue weighted by Crippen LogP contribution is 2.19. The largest absolute Gasteiger partial charge is 0.457 e. The number of hydrogen-bond acceptors (Lipinski definition) is 4. The molecule has 0 radical (unpaired) electrons. The molecule has 0 aliphatic heterocycles. The third-order valence-corrected chi connectivity index (χ3v) is 3.44. The number of carbonyl (C=O) groups excluding carboxylic acids is 2. The van der Waals surface area contributed by atoms with Gasteiger partial charge in [0.25, 0.3) is 0 Å². The lowest BCUT2D eigenvalue weighted by molar-refractivity contribution is -0.159. The summed E-state index contributed by atoms with van der Waals surface area (Å²) in [7, 11) is 0. The van der Waals surface area contributed by atoms with Crippen molar-refractivity contribution in [2.75, 3.05) is 0 Å². The van der Waals surface area contributed by atoms with Crippen molar-refractivity contribution in [2.45, 2.75) is 32.5 Å². The monoisotopic (exact) mass is 312 g/mol. The fourth-order valence-corrected chi connectivity index (χ4v) is 2.18. The van der Waals surface area contributed by atoms with Crippen molar-refractivity contribution in [3.63, 3.8) is 0 Å². The molecule has 2 aromatic rings. The Kier molecular flexibility index (Phi) is 5.92. The van der Waals surface area contributed by atoms with Crippen LogP contribution in [-0.4, -0.2) is 11.9 Å². The second-order valence-corrected chi connectivity index (χ2v) is 5.26. The molecule has 0 amide bonds. The van der Waals surface area contributed by atoms with Gasteiger partial charge >= 0.3 is 11.9 Å². The second kappa shape index (κ2) is 8.13. The molecule has 23 heavy (non-hydrogen) atoms. The van der Waals surface area contributed by atoms with Crippen LogP contribution < -0.4 is 0 Å². The Bertz CT molecular complexity index is 579. The molecular weight excluding hydrogens is 292 g/mol. The van der Waals surface area contributed by atoms with Gasteiger partial charge in [-0.05, 0) is 25.0 Å². The van der Waals surface area contributed by atoms with Crippen molar-refractivity contribution >= 4 is 11.9 Å². The van der Waals surface area contributed by atoms with Gasteiger partial charge in [0.1, 0.15) is 18.6 Å². The van der Waals surface area contributed by atoms with Gasteiger partial charge in [0.15, 0.2) is 0 Å². The molecule has 0 bridgehead atoms. The maximum absolute atomic E-state index is 11.8. The lowest BCUT2D eigenvalue weighted by Gasteiger charge is -2.15. The zero-order chi connectivity index (χ0) is 16.7. The third kappa shape index (κ3) is 5.25. The van der Waals surface area contributed by atoms with Gasteiger partial charge < -0.3 is 9.47 Å². The van der Waals surface area contributed by atoms with E-state index < -0.39 is 30.6 Å². The minimum atomic E-state index is -0.591. The number of hydrogen-bond donors (Lipinski definition) is 0. The van der Waals surface area contributed by atoms with Crippen molar-refractivity contribution in [3.05, 3.63) is 71.8 Å². The van der Waals surface area contributed by atoms with E-state index in [9.17, 15) is 9.59 Å². The van der Waals surface area contributed by atoms with Crippen LogP contribution >= 0.6 is 0 Å². The Morgan fingerprint density at radius 3 is 1.43 bits per heavy atom. The summed E-state index contributed by atoms with van der Waals surface area (Å²) in [6.45, 7) is 3.54. The van der Waals surface area contributed by atoms with Gasteiger partial charge in [-0.25, -0.2) is 0 Å². The number of esters is 2. The molecule has 0 saturated carbocycles. The van der Waals surface area contributed by atoms with Gasteiger partial charge in [0.2, 0.25) is 0 Å².